The van der Waals surface area contributed by atoms with Crippen molar-refractivity contribution in [2.24, 2.45) is 0 Å². The zero-order valence-electron chi connectivity index (χ0n) is 18.7. The molecule has 2 aromatic rings. The predicted molar refractivity (Wildman–Crippen MR) is 118 cm³/mol. The van der Waals surface area contributed by atoms with Gasteiger partial charge in [0.2, 0.25) is 5.91 Å². The third-order valence-corrected chi connectivity index (χ3v) is 6.38. The van der Waals surface area contributed by atoms with Crippen LogP contribution in [-0.2, 0) is 17.8 Å². The van der Waals surface area contributed by atoms with E-state index in [4.69, 9.17) is 14.6 Å². The normalized spacial score (nSPS) is 22.4. The fourth-order valence-electron chi connectivity index (χ4n) is 4.31. The average Bonchev–Trinajstić information content (AvgIpc) is 2.82. The van der Waals surface area contributed by atoms with E-state index in [1.54, 1.807) is 31.4 Å². The topological polar surface area (TPSA) is 99.5 Å². The number of benzene rings is 2. The van der Waals surface area contributed by atoms with Crippen molar-refractivity contribution in [1.29, 1.82) is 0 Å². The Hall–Kier alpha value is -3.40. The molecule has 0 saturated carbocycles. The van der Waals surface area contributed by atoms with E-state index in [1.165, 1.54) is 17.0 Å². The molecule has 0 aromatic heterocycles. The Bertz CT molecular complexity index is 1080. The van der Waals surface area contributed by atoms with E-state index in [-0.39, 0.29) is 49.7 Å². The Labute approximate surface area is 195 Å². The van der Waals surface area contributed by atoms with Gasteiger partial charge in [-0.3, -0.25) is 4.79 Å². The van der Waals surface area contributed by atoms with E-state index < -0.39 is 36.8 Å². The number of rotatable bonds is 6. The standard InChI is InChI=1S/C24H26F2N2O6/c1-33-16-4-2-15(3-5-16)12-28-21(29)9-6-17-19(8-7-18(25)22(17)28)34-14-24(32)10-11-27(23(30)31)13-20(24)26/h2-5,7-8,20,32H,6,9-14H2,1H3,(H,30,31). The van der Waals surface area contributed by atoms with Gasteiger partial charge in [0.1, 0.15) is 35.7 Å². The van der Waals surface area contributed by atoms with Crippen LogP contribution >= 0.6 is 0 Å². The molecule has 0 radical (unpaired) electrons. The molecule has 2 atom stereocenters. The molecular weight excluding hydrogens is 450 g/mol. The summed E-state index contributed by atoms with van der Waals surface area (Å²) in [6.07, 6.45) is -2.83. The number of carbonyl (C=O) groups is 2. The van der Waals surface area contributed by atoms with Crippen molar-refractivity contribution in [2.45, 2.75) is 37.6 Å². The first-order valence-corrected chi connectivity index (χ1v) is 10.9. The van der Waals surface area contributed by atoms with Gasteiger partial charge < -0.3 is 29.5 Å². The number of amides is 2. The number of aliphatic hydroxyl groups is 1. The van der Waals surface area contributed by atoms with E-state index in [2.05, 4.69) is 0 Å². The highest BCUT2D eigenvalue weighted by Crippen LogP contribution is 2.39. The van der Waals surface area contributed by atoms with Crippen LogP contribution < -0.4 is 14.4 Å². The number of alkyl halides is 1. The molecule has 0 aliphatic carbocycles. The number of carboxylic acid groups (broad SMARTS) is 1. The van der Waals surface area contributed by atoms with Gasteiger partial charge in [-0.1, -0.05) is 12.1 Å². The number of carbonyl (C=O) groups excluding carboxylic acids is 1. The summed E-state index contributed by atoms with van der Waals surface area (Å²) in [5, 5.41) is 19.8. The van der Waals surface area contributed by atoms with Crippen molar-refractivity contribution >= 4 is 17.7 Å². The molecule has 1 fully saturated rings. The second kappa shape index (κ2) is 9.46. The molecule has 2 heterocycles. The smallest absolute Gasteiger partial charge is 0.407 e. The second-order valence-corrected chi connectivity index (χ2v) is 8.54. The lowest BCUT2D eigenvalue weighted by molar-refractivity contribution is -0.119. The average molecular weight is 476 g/mol. The summed E-state index contributed by atoms with van der Waals surface area (Å²) in [4.78, 5) is 26.0. The molecular formula is C24H26F2N2O6. The molecule has 10 heteroatoms. The number of anilines is 1. The van der Waals surface area contributed by atoms with Gasteiger partial charge in [0.15, 0.2) is 0 Å². The van der Waals surface area contributed by atoms with Gasteiger partial charge in [-0.25, -0.2) is 13.6 Å². The minimum Gasteiger partial charge on any atom is -0.497 e. The maximum atomic E-state index is 14.9. The van der Waals surface area contributed by atoms with Crippen molar-refractivity contribution in [2.75, 3.05) is 31.7 Å². The summed E-state index contributed by atoms with van der Waals surface area (Å²) in [5.41, 5.74) is -0.517. The lowest BCUT2D eigenvalue weighted by Gasteiger charge is -2.39. The molecule has 2 aliphatic rings. The highest BCUT2D eigenvalue weighted by Gasteiger charge is 2.44. The first-order chi connectivity index (χ1) is 16.2. The fraction of sp³-hybridized carbons (Fsp3) is 0.417. The van der Waals surface area contributed by atoms with Crippen LogP contribution in [0.4, 0.5) is 19.3 Å². The van der Waals surface area contributed by atoms with Gasteiger partial charge in [-0.05, 0) is 36.2 Å². The van der Waals surface area contributed by atoms with Gasteiger partial charge in [0, 0.05) is 24.9 Å². The number of hydrogen-bond donors (Lipinski definition) is 2. The van der Waals surface area contributed by atoms with Gasteiger partial charge >= 0.3 is 6.09 Å². The largest absolute Gasteiger partial charge is 0.497 e. The summed E-state index contributed by atoms with van der Waals surface area (Å²) in [6, 6.07) is 9.67. The molecule has 34 heavy (non-hydrogen) atoms. The molecule has 0 spiro atoms. The summed E-state index contributed by atoms with van der Waals surface area (Å²) >= 11 is 0. The van der Waals surface area contributed by atoms with Crippen molar-refractivity contribution in [3.05, 3.63) is 53.3 Å². The van der Waals surface area contributed by atoms with Crippen LogP contribution in [0.5, 0.6) is 11.5 Å². The number of nitrogens with zero attached hydrogens (tertiary/aromatic N) is 2. The van der Waals surface area contributed by atoms with Crippen LogP contribution in [0.3, 0.4) is 0 Å². The number of ether oxygens (including phenoxy) is 2. The predicted octanol–water partition coefficient (Wildman–Crippen LogP) is 3.15. The Kier molecular flexibility index (Phi) is 6.60. The first kappa shape index (κ1) is 23.7. The van der Waals surface area contributed by atoms with Crippen molar-refractivity contribution in [3.8, 4) is 11.5 Å². The zero-order valence-corrected chi connectivity index (χ0v) is 18.7. The van der Waals surface area contributed by atoms with Gasteiger partial charge in [-0.2, -0.15) is 0 Å². The number of piperidine rings is 1. The molecule has 2 N–H and O–H groups in total. The molecule has 8 nitrogen and oxygen atoms in total. The Morgan fingerprint density at radius 1 is 1.21 bits per heavy atom. The van der Waals surface area contributed by atoms with E-state index in [1.807, 2.05) is 0 Å². The van der Waals surface area contributed by atoms with Crippen LogP contribution in [0.1, 0.15) is 24.0 Å². The quantitative estimate of drug-likeness (QED) is 0.665. The zero-order chi connectivity index (χ0) is 24.5. The lowest BCUT2D eigenvalue weighted by Crippen LogP contribution is -2.57. The Morgan fingerprint density at radius 3 is 2.59 bits per heavy atom. The third kappa shape index (κ3) is 4.63. The summed E-state index contributed by atoms with van der Waals surface area (Å²) < 4.78 is 40.4. The van der Waals surface area contributed by atoms with Crippen LogP contribution in [0.2, 0.25) is 0 Å². The minimum absolute atomic E-state index is 0.0265. The van der Waals surface area contributed by atoms with Gasteiger partial charge in [0.25, 0.3) is 0 Å². The third-order valence-electron chi connectivity index (χ3n) is 6.38. The van der Waals surface area contributed by atoms with Gasteiger partial charge in [0.05, 0.1) is 25.9 Å². The molecule has 2 unspecified atom stereocenters. The Balaban J connectivity index is 1.55. The minimum atomic E-state index is -1.87. The number of halogens is 2. The van der Waals surface area contributed by atoms with Crippen LogP contribution in [0.15, 0.2) is 36.4 Å². The van der Waals surface area contributed by atoms with Crippen LogP contribution in [-0.4, -0.2) is 65.7 Å². The number of fused-ring (bicyclic) bond motifs is 1. The number of methoxy groups -OCH3 is 1. The maximum Gasteiger partial charge on any atom is 0.407 e. The molecule has 2 aliphatic heterocycles. The van der Waals surface area contributed by atoms with Crippen molar-refractivity contribution in [3.63, 3.8) is 0 Å². The molecule has 2 aromatic carbocycles. The lowest BCUT2D eigenvalue weighted by atomic mass is 9.90. The Morgan fingerprint density at radius 2 is 1.94 bits per heavy atom. The molecule has 2 amide bonds. The van der Waals surface area contributed by atoms with Crippen LogP contribution in [0, 0.1) is 5.82 Å². The SMILES string of the molecule is COc1ccc(CN2C(=O)CCc3c(OCC4(O)CCN(C(=O)O)CC4F)ccc(F)c32)cc1. The van der Waals surface area contributed by atoms with Crippen molar-refractivity contribution < 1.29 is 38.1 Å². The van der Waals surface area contributed by atoms with Gasteiger partial charge in [-0.15, -0.1) is 0 Å². The van der Waals surface area contributed by atoms with E-state index in [9.17, 15) is 23.5 Å². The number of hydrogen-bond acceptors (Lipinski definition) is 5. The molecule has 182 valence electrons. The monoisotopic (exact) mass is 476 g/mol. The first-order valence-electron chi connectivity index (χ1n) is 10.9. The summed E-state index contributed by atoms with van der Waals surface area (Å²) in [5.74, 6) is 0.0998. The molecule has 0 bridgehead atoms. The number of likely N-dealkylation sites (tertiary alicyclic amines) is 1. The van der Waals surface area contributed by atoms with Crippen LogP contribution in [0.25, 0.3) is 0 Å². The van der Waals surface area contributed by atoms with E-state index in [0.717, 1.165) is 10.5 Å². The van der Waals surface area contributed by atoms with E-state index >= 15 is 0 Å². The van der Waals surface area contributed by atoms with Crippen molar-refractivity contribution in [1.82, 2.24) is 4.90 Å². The van der Waals surface area contributed by atoms with E-state index in [0.29, 0.717) is 11.3 Å². The highest BCUT2D eigenvalue weighted by molar-refractivity contribution is 5.97. The summed E-state index contributed by atoms with van der Waals surface area (Å²) in [6.45, 7) is -0.758. The highest BCUT2D eigenvalue weighted by atomic mass is 19.1. The molecule has 1 saturated heterocycles. The fourth-order valence-corrected chi connectivity index (χ4v) is 4.31. The summed E-state index contributed by atoms with van der Waals surface area (Å²) in [7, 11) is 1.55. The maximum absolute atomic E-state index is 14.9. The molecule has 4 rings (SSSR count). The second-order valence-electron chi connectivity index (χ2n) is 8.54.